The Hall–Kier alpha value is -2.11. The Bertz CT molecular complexity index is 541. The van der Waals surface area contributed by atoms with Gasteiger partial charge in [-0.15, -0.1) is 0 Å². The third-order valence-corrected chi connectivity index (χ3v) is 3.10. The first-order valence-corrected chi connectivity index (χ1v) is 6.88. The highest BCUT2D eigenvalue weighted by atomic mass is 16.5. The Morgan fingerprint density at radius 1 is 1.38 bits per heavy atom. The first-order chi connectivity index (χ1) is 9.76. The number of anilines is 1. The summed E-state index contributed by atoms with van der Waals surface area (Å²) in [5.74, 6) is -0.649. The molecule has 0 aliphatic heterocycles. The van der Waals surface area contributed by atoms with Crippen molar-refractivity contribution in [1.29, 1.82) is 0 Å². The fraction of sp³-hybridized carbons (Fsp3) is 0.533. The highest BCUT2D eigenvalue weighted by Crippen LogP contribution is 2.22. The molecule has 0 aliphatic carbocycles. The third-order valence-electron chi connectivity index (χ3n) is 3.10. The number of nitrogens with zero attached hydrogens (tertiary/aromatic N) is 1. The summed E-state index contributed by atoms with van der Waals surface area (Å²) in [4.78, 5) is 27.7. The molecule has 1 heterocycles. The molecule has 116 valence electrons. The first kappa shape index (κ1) is 16.9. The van der Waals surface area contributed by atoms with Crippen molar-refractivity contribution in [2.24, 2.45) is 11.7 Å². The number of hydrogen-bond acceptors (Lipinski definition) is 5. The molecule has 1 atom stereocenters. The lowest BCUT2D eigenvalue weighted by atomic mass is 10.0. The number of rotatable bonds is 6. The number of esters is 1. The van der Waals surface area contributed by atoms with Gasteiger partial charge in [-0.2, -0.15) is 0 Å². The van der Waals surface area contributed by atoms with Gasteiger partial charge in [-0.3, -0.25) is 9.78 Å². The Balaban J connectivity index is 3.19. The molecule has 6 nitrogen and oxygen atoms in total. The Labute approximate surface area is 125 Å². The number of pyridine rings is 1. The van der Waals surface area contributed by atoms with Crippen molar-refractivity contribution >= 4 is 17.6 Å². The van der Waals surface area contributed by atoms with Crippen molar-refractivity contribution < 1.29 is 14.3 Å². The molecule has 1 aromatic heterocycles. The topological polar surface area (TPSA) is 94.3 Å². The Kier molecular flexibility index (Phi) is 5.69. The van der Waals surface area contributed by atoms with E-state index in [9.17, 15) is 9.59 Å². The summed E-state index contributed by atoms with van der Waals surface area (Å²) in [7, 11) is 1.34. The van der Waals surface area contributed by atoms with Gasteiger partial charge in [0, 0.05) is 5.69 Å². The van der Waals surface area contributed by atoms with E-state index < -0.39 is 11.9 Å². The van der Waals surface area contributed by atoms with Gasteiger partial charge >= 0.3 is 5.97 Å². The van der Waals surface area contributed by atoms with Gasteiger partial charge in [0.15, 0.2) is 0 Å². The van der Waals surface area contributed by atoms with E-state index in [1.807, 2.05) is 20.8 Å². The number of nitrogens with one attached hydrogen (secondary N) is 1. The van der Waals surface area contributed by atoms with Crippen molar-refractivity contribution in [1.82, 2.24) is 4.98 Å². The minimum atomic E-state index is -0.573. The Morgan fingerprint density at radius 3 is 2.48 bits per heavy atom. The van der Waals surface area contributed by atoms with Crippen LogP contribution in [0.25, 0.3) is 0 Å². The van der Waals surface area contributed by atoms with E-state index in [1.165, 1.54) is 7.11 Å². The largest absolute Gasteiger partial charge is 0.467 e. The zero-order valence-electron chi connectivity index (χ0n) is 13.2. The molecule has 0 aliphatic rings. The van der Waals surface area contributed by atoms with Crippen molar-refractivity contribution in [2.45, 2.75) is 40.2 Å². The molecule has 1 rings (SSSR count). The molecule has 0 spiro atoms. The van der Waals surface area contributed by atoms with Crippen LogP contribution in [0.5, 0.6) is 0 Å². The number of methoxy groups -OCH3 is 1. The van der Waals surface area contributed by atoms with Gasteiger partial charge in [0.25, 0.3) is 5.91 Å². The minimum Gasteiger partial charge on any atom is -0.467 e. The van der Waals surface area contributed by atoms with Gasteiger partial charge in [-0.1, -0.05) is 13.8 Å². The van der Waals surface area contributed by atoms with Gasteiger partial charge < -0.3 is 15.8 Å². The SMILES string of the molecule is COC(=O)C(CC(C)C)Nc1cc(C)nc(C)c1C(N)=O. The summed E-state index contributed by atoms with van der Waals surface area (Å²) in [5, 5.41) is 3.08. The van der Waals surface area contributed by atoms with Crippen LogP contribution in [0.3, 0.4) is 0 Å². The average Bonchev–Trinajstić information content (AvgIpc) is 2.35. The molecule has 0 radical (unpaired) electrons. The quantitative estimate of drug-likeness (QED) is 0.780. The van der Waals surface area contributed by atoms with Crippen molar-refractivity contribution in [2.75, 3.05) is 12.4 Å². The molecule has 3 N–H and O–H groups in total. The van der Waals surface area contributed by atoms with Crippen LogP contribution in [0.4, 0.5) is 5.69 Å². The van der Waals surface area contributed by atoms with Crippen LogP contribution in [0.15, 0.2) is 6.07 Å². The maximum absolute atomic E-state index is 11.9. The van der Waals surface area contributed by atoms with E-state index in [4.69, 9.17) is 10.5 Å². The van der Waals surface area contributed by atoms with Gasteiger partial charge in [-0.25, -0.2) is 4.79 Å². The summed E-state index contributed by atoms with van der Waals surface area (Å²) in [5.41, 5.74) is 7.52. The van der Waals surface area contributed by atoms with Gasteiger partial charge in [0.05, 0.1) is 24.1 Å². The number of carbonyl (C=O) groups excluding carboxylic acids is 2. The number of nitrogens with two attached hydrogens (primary N) is 1. The molecule has 1 amide bonds. The Morgan fingerprint density at radius 2 is 2.00 bits per heavy atom. The van der Waals surface area contributed by atoms with Crippen LogP contribution in [0, 0.1) is 19.8 Å². The van der Waals surface area contributed by atoms with Crippen molar-refractivity contribution in [3.8, 4) is 0 Å². The molecule has 0 fully saturated rings. The van der Waals surface area contributed by atoms with E-state index in [-0.39, 0.29) is 5.97 Å². The third kappa shape index (κ3) is 4.44. The monoisotopic (exact) mass is 293 g/mol. The van der Waals surface area contributed by atoms with Crippen LogP contribution < -0.4 is 11.1 Å². The standard InChI is InChI=1S/C15H23N3O3/c1-8(2)6-12(15(20)21-5)18-11-7-9(3)17-10(4)13(11)14(16)19/h7-8,12H,6H2,1-5H3,(H2,16,19)(H,17,18). The van der Waals surface area contributed by atoms with E-state index in [0.29, 0.717) is 29.3 Å². The van der Waals surface area contributed by atoms with E-state index in [2.05, 4.69) is 10.3 Å². The zero-order chi connectivity index (χ0) is 16.2. The molecule has 1 unspecified atom stereocenters. The minimum absolute atomic E-state index is 0.294. The van der Waals surface area contributed by atoms with Gasteiger partial charge in [0.1, 0.15) is 6.04 Å². The summed E-state index contributed by atoms with van der Waals surface area (Å²) in [6, 6.07) is 1.18. The van der Waals surface area contributed by atoms with Crippen LogP contribution in [0.1, 0.15) is 42.0 Å². The highest BCUT2D eigenvalue weighted by molar-refractivity contribution is 6.00. The number of primary amides is 1. The first-order valence-electron chi connectivity index (χ1n) is 6.88. The van der Waals surface area contributed by atoms with Gasteiger partial charge in [-0.05, 0) is 32.3 Å². The fourth-order valence-corrected chi connectivity index (χ4v) is 2.27. The maximum atomic E-state index is 11.9. The predicted octanol–water partition coefficient (Wildman–Crippen LogP) is 1.80. The highest BCUT2D eigenvalue weighted by Gasteiger charge is 2.23. The van der Waals surface area contributed by atoms with E-state index in [1.54, 1.807) is 13.0 Å². The molecule has 0 saturated carbocycles. The van der Waals surface area contributed by atoms with E-state index in [0.717, 1.165) is 5.69 Å². The lowest BCUT2D eigenvalue weighted by Crippen LogP contribution is -2.33. The number of aryl methyl sites for hydroxylation is 2. The van der Waals surface area contributed by atoms with Crippen molar-refractivity contribution in [3.63, 3.8) is 0 Å². The molecule has 0 saturated heterocycles. The molecule has 0 bridgehead atoms. The normalized spacial score (nSPS) is 12.1. The summed E-state index contributed by atoms with van der Waals surface area (Å²) in [6.45, 7) is 7.55. The number of amides is 1. The molecular weight excluding hydrogens is 270 g/mol. The van der Waals surface area contributed by atoms with Crippen molar-refractivity contribution in [3.05, 3.63) is 23.0 Å². The second-order valence-electron chi connectivity index (χ2n) is 5.49. The summed E-state index contributed by atoms with van der Waals surface area (Å²) in [6.07, 6.45) is 0.589. The molecule has 0 aromatic carbocycles. The van der Waals surface area contributed by atoms with Crippen LogP contribution in [-0.4, -0.2) is 30.0 Å². The lowest BCUT2D eigenvalue weighted by Gasteiger charge is -2.21. The second-order valence-corrected chi connectivity index (χ2v) is 5.49. The summed E-state index contributed by atoms with van der Waals surface area (Å²) >= 11 is 0. The number of carbonyl (C=O) groups is 2. The fourth-order valence-electron chi connectivity index (χ4n) is 2.27. The molecule has 6 heteroatoms. The lowest BCUT2D eigenvalue weighted by molar-refractivity contribution is -0.141. The van der Waals surface area contributed by atoms with Gasteiger partial charge in [0.2, 0.25) is 0 Å². The second kappa shape index (κ2) is 7.06. The maximum Gasteiger partial charge on any atom is 0.328 e. The van der Waals surface area contributed by atoms with Crippen LogP contribution in [0.2, 0.25) is 0 Å². The molecular formula is C15H23N3O3. The molecule has 1 aromatic rings. The molecule has 21 heavy (non-hydrogen) atoms. The number of hydrogen-bond donors (Lipinski definition) is 2. The smallest absolute Gasteiger partial charge is 0.328 e. The van der Waals surface area contributed by atoms with Crippen LogP contribution >= 0.6 is 0 Å². The number of ether oxygens (including phenoxy) is 1. The average molecular weight is 293 g/mol. The zero-order valence-corrected chi connectivity index (χ0v) is 13.2. The predicted molar refractivity (Wildman–Crippen MR) is 81.1 cm³/mol. The summed E-state index contributed by atoms with van der Waals surface area (Å²) < 4.78 is 4.81. The van der Waals surface area contributed by atoms with E-state index >= 15 is 0 Å². The number of aromatic nitrogens is 1. The van der Waals surface area contributed by atoms with Crippen LogP contribution in [-0.2, 0) is 9.53 Å².